The monoisotopic (exact) mass is 341 g/mol. The third kappa shape index (κ3) is 3.97. The minimum atomic E-state index is -4.75. The Morgan fingerprint density at radius 3 is 2.38 bits per heavy atom. The lowest BCUT2D eigenvalue weighted by Gasteiger charge is -2.16. The first-order valence-electron chi connectivity index (χ1n) is 7.31. The molecule has 0 aliphatic heterocycles. The van der Waals surface area contributed by atoms with Crippen LogP contribution in [0.2, 0.25) is 0 Å². The second-order valence-electron chi connectivity index (χ2n) is 5.55. The number of aromatic nitrogens is 1. The van der Waals surface area contributed by atoms with Crippen molar-refractivity contribution in [2.75, 3.05) is 13.7 Å². The molecule has 4 nitrogen and oxygen atoms in total. The van der Waals surface area contributed by atoms with Crippen molar-refractivity contribution < 1.29 is 23.0 Å². The molecule has 7 heteroatoms. The number of aliphatic hydroxyl groups is 1. The van der Waals surface area contributed by atoms with Gasteiger partial charge in [-0.2, -0.15) is 13.2 Å². The number of halogens is 3. The molecule has 0 aliphatic rings. The molecule has 0 amide bonds. The highest BCUT2D eigenvalue weighted by Gasteiger charge is 2.35. The Hall–Kier alpha value is -2.28. The zero-order valence-electron chi connectivity index (χ0n) is 13.3. The van der Waals surface area contributed by atoms with Crippen molar-refractivity contribution in [1.82, 2.24) is 4.57 Å². The number of hydrogen-bond acceptors (Lipinski definition) is 3. The van der Waals surface area contributed by atoms with Gasteiger partial charge in [-0.3, -0.25) is 4.79 Å². The number of methoxy groups -OCH3 is 1. The van der Waals surface area contributed by atoms with Gasteiger partial charge in [0.1, 0.15) is 11.3 Å². The quantitative estimate of drug-likeness (QED) is 0.909. The fourth-order valence-electron chi connectivity index (χ4n) is 2.28. The van der Waals surface area contributed by atoms with Gasteiger partial charge in [-0.15, -0.1) is 0 Å². The maximum Gasteiger partial charge on any atom is 0.421 e. The van der Waals surface area contributed by atoms with Gasteiger partial charge in [0.2, 0.25) is 0 Å². The van der Waals surface area contributed by atoms with E-state index in [1.165, 1.54) is 13.3 Å². The van der Waals surface area contributed by atoms with Crippen LogP contribution in [-0.4, -0.2) is 23.4 Å². The molecule has 2 rings (SSSR count). The highest BCUT2D eigenvalue weighted by atomic mass is 19.4. The van der Waals surface area contributed by atoms with Gasteiger partial charge in [0.05, 0.1) is 13.7 Å². The molecule has 130 valence electrons. The van der Waals surface area contributed by atoms with E-state index in [0.717, 1.165) is 10.6 Å². The van der Waals surface area contributed by atoms with Gasteiger partial charge in [0, 0.05) is 18.7 Å². The van der Waals surface area contributed by atoms with Crippen LogP contribution >= 0.6 is 0 Å². The summed E-state index contributed by atoms with van der Waals surface area (Å²) >= 11 is 0. The molecule has 0 bridgehead atoms. The molecule has 1 heterocycles. The average Bonchev–Trinajstić information content (AvgIpc) is 2.55. The van der Waals surface area contributed by atoms with E-state index >= 15 is 0 Å². The second-order valence-corrected chi connectivity index (χ2v) is 5.55. The summed E-state index contributed by atoms with van der Waals surface area (Å²) in [5.41, 5.74) is -1.40. The summed E-state index contributed by atoms with van der Waals surface area (Å²) in [6.07, 6.45) is -3.38. The van der Waals surface area contributed by atoms with E-state index in [0.29, 0.717) is 11.3 Å². The first-order valence-corrected chi connectivity index (χ1v) is 7.31. The summed E-state index contributed by atoms with van der Waals surface area (Å²) in [7, 11) is 1.51. The lowest BCUT2D eigenvalue weighted by atomic mass is 10.0. The lowest BCUT2D eigenvalue weighted by Crippen LogP contribution is -2.29. The summed E-state index contributed by atoms with van der Waals surface area (Å²) in [4.78, 5) is 12.2. The standard InChI is InChI=1S/C17H18F3NO3/c1-11(10-22)13-7-15(17(18,19)20)16(23)21(9-13)8-12-3-5-14(24-2)6-4-12/h3-7,9,11,22H,8,10H2,1-2H3. The van der Waals surface area contributed by atoms with Gasteiger partial charge < -0.3 is 14.4 Å². The van der Waals surface area contributed by atoms with Crippen LogP contribution in [0.4, 0.5) is 13.2 Å². The summed E-state index contributed by atoms with van der Waals surface area (Å²) in [5.74, 6) is 0.110. The number of rotatable bonds is 5. The Kier molecular flexibility index (Phi) is 5.33. The molecular formula is C17H18F3NO3. The SMILES string of the molecule is COc1ccc(Cn2cc(C(C)CO)cc(C(F)(F)F)c2=O)cc1. The molecule has 0 saturated carbocycles. The van der Waals surface area contributed by atoms with Crippen LogP contribution in [0.15, 0.2) is 41.3 Å². The van der Waals surface area contributed by atoms with Gasteiger partial charge in [0.25, 0.3) is 5.56 Å². The molecule has 1 atom stereocenters. The zero-order valence-corrected chi connectivity index (χ0v) is 13.3. The van der Waals surface area contributed by atoms with Crippen LogP contribution in [0.25, 0.3) is 0 Å². The molecule has 0 fully saturated rings. The predicted octanol–water partition coefficient (Wildman–Crippen LogP) is 3.02. The fourth-order valence-corrected chi connectivity index (χ4v) is 2.28. The maximum atomic E-state index is 13.1. The summed E-state index contributed by atoms with van der Waals surface area (Å²) in [6, 6.07) is 7.52. The molecule has 0 aliphatic carbocycles. The first kappa shape index (κ1) is 18.1. The minimum absolute atomic E-state index is 0.00209. The number of nitrogens with zero attached hydrogens (tertiary/aromatic N) is 1. The van der Waals surface area contributed by atoms with Crippen LogP contribution in [0.3, 0.4) is 0 Å². The van der Waals surface area contributed by atoms with E-state index in [9.17, 15) is 23.1 Å². The van der Waals surface area contributed by atoms with Crippen molar-refractivity contribution in [2.24, 2.45) is 0 Å². The van der Waals surface area contributed by atoms with Crippen molar-refractivity contribution in [3.05, 3.63) is 63.6 Å². The maximum absolute atomic E-state index is 13.1. The largest absolute Gasteiger partial charge is 0.497 e. The number of benzene rings is 1. The Labute approximate surface area is 137 Å². The summed E-state index contributed by atoms with van der Waals surface area (Å²) in [6.45, 7) is 1.29. The van der Waals surface area contributed by atoms with E-state index in [4.69, 9.17) is 4.74 Å². The van der Waals surface area contributed by atoms with Gasteiger partial charge in [-0.25, -0.2) is 0 Å². The third-order valence-electron chi connectivity index (χ3n) is 3.77. The highest BCUT2D eigenvalue weighted by molar-refractivity contribution is 5.29. The molecule has 1 aromatic carbocycles. The molecule has 0 saturated heterocycles. The molecule has 1 unspecified atom stereocenters. The molecule has 24 heavy (non-hydrogen) atoms. The average molecular weight is 341 g/mol. The predicted molar refractivity (Wildman–Crippen MR) is 83.3 cm³/mol. The van der Waals surface area contributed by atoms with E-state index in [2.05, 4.69) is 0 Å². The van der Waals surface area contributed by atoms with Crippen LogP contribution in [0, 0.1) is 0 Å². The molecule has 1 aromatic heterocycles. The molecule has 2 aromatic rings. The lowest BCUT2D eigenvalue weighted by molar-refractivity contribution is -0.139. The Morgan fingerprint density at radius 1 is 1.25 bits per heavy atom. The van der Waals surface area contributed by atoms with Crippen molar-refractivity contribution in [3.63, 3.8) is 0 Å². The van der Waals surface area contributed by atoms with Crippen LogP contribution < -0.4 is 10.3 Å². The van der Waals surface area contributed by atoms with E-state index in [-0.39, 0.29) is 18.7 Å². The van der Waals surface area contributed by atoms with Crippen molar-refractivity contribution in [2.45, 2.75) is 25.6 Å². The van der Waals surface area contributed by atoms with E-state index < -0.39 is 23.2 Å². The molecule has 0 radical (unpaired) electrons. The van der Waals surface area contributed by atoms with Gasteiger partial charge >= 0.3 is 6.18 Å². The topological polar surface area (TPSA) is 51.5 Å². The van der Waals surface area contributed by atoms with Crippen LogP contribution in [0.5, 0.6) is 5.75 Å². The first-order chi connectivity index (χ1) is 11.3. The number of hydrogen-bond donors (Lipinski definition) is 1. The van der Waals surface area contributed by atoms with Crippen molar-refractivity contribution in [3.8, 4) is 5.75 Å². The fraction of sp³-hybridized carbons (Fsp3) is 0.353. The Bertz CT molecular complexity index is 751. The third-order valence-corrected chi connectivity index (χ3v) is 3.77. The van der Waals surface area contributed by atoms with Crippen molar-refractivity contribution in [1.29, 1.82) is 0 Å². The van der Waals surface area contributed by atoms with Gasteiger partial charge in [0.15, 0.2) is 0 Å². The number of ether oxygens (including phenoxy) is 1. The summed E-state index contributed by atoms with van der Waals surface area (Å²) < 4.78 is 45.4. The highest BCUT2D eigenvalue weighted by Crippen LogP contribution is 2.28. The smallest absolute Gasteiger partial charge is 0.421 e. The van der Waals surface area contributed by atoms with Crippen LogP contribution in [-0.2, 0) is 12.7 Å². The normalized spacial score (nSPS) is 12.9. The van der Waals surface area contributed by atoms with Crippen molar-refractivity contribution >= 4 is 0 Å². The summed E-state index contributed by atoms with van der Waals surface area (Å²) in [5, 5.41) is 9.21. The van der Waals surface area contributed by atoms with E-state index in [1.54, 1.807) is 31.2 Å². The molecule has 1 N–H and O–H groups in total. The van der Waals surface area contributed by atoms with Gasteiger partial charge in [-0.05, 0) is 29.3 Å². The zero-order chi connectivity index (χ0) is 17.9. The van der Waals surface area contributed by atoms with E-state index in [1.807, 2.05) is 0 Å². The minimum Gasteiger partial charge on any atom is -0.497 e. The molecular weight excluding hydrogens is 323 g/mol. The second kappa shape index (κ2) is 7.09. The molecule has 0 spiro atoms. The van der Waals surface area contributed by atoms with Gasteiger partial charge in [-0.1, -0.05) is 19.1 Å². The number of pyridine rings is 1. The Morgan fingerprint density at radius 2 is 1.88 bits per heavy atom. The number of aliphatic hydroxyl groups excluding tert-OH is 1. The Balaban J connectivity index is 2.48. The number of alkyl halides is 3. The van der Waals surface area contributed by atoms with Crippen LogP contribution in [0.1, 0.15) is 29.5 Å².